The number of thioether (sulfide) groups is 1. The number of fused-ring (bicyclic) bond motifs is 1. The van der Waals surface area contributed by atoms with Gasteiger partial charge in [0, 0.05) is 36.8 Å². The van der Waals surface area contributed by atoms with Crippen molar-refractivity contribution in [3.8, 4) is 11.3 Å². The molecule has 11 nitrogen and oxygen atoms in total. The van der Waals surface area contributed by atoms with Crippen LogP contribution in [0.3, 0.4) is 0 Å². The summed E-state index contributed by atoms with van der Waals surface area (Å²) in [6.07, 6.45) is 4.34. The molecule has 0 aliphatic carbocycles. The van der Waals surface area contributed by atoms with Gasteiger partial charge in [0.2, 0.25) is 11.0 Å². The molecule has 0 saturated heterocycles. The van der Waals surface area contributed by atoms with E-state index in [0.717, 1.165) is 16.8 Å². The van der Waals surface area contributed by atoms with Gasteiger partial charge in [-0.2, -0.15) is 5.10 Å². The van der Waals surface area contributed by atoms with Gasteiger partial charge >= 0.3 is 0 Å². The number of nitrogens with two attached hydrogens (primary N) is 1. The third kappa shape index (κ3) is 4.27. The van der Waals surface area contributed by atoms with Crippen LogP contribution in [-0.2, 0) is 20.8 Å². The van der Waals surface area contributed by atoms with Gasteiger partial charge in [0.05, 0.1) is 5.69 Å². The molecule has 4 aromatic rings. The van der Waals surface area contributed by atoms with Gasteiger partial charge < -0.3 is 25.1 Å². The molecule has 5 rings (SSSR count). The highest BCUT2D eigenvalue weighted by Crippen LogP contribution is 2.40. The fourth-order valence-electron chi connectivity index (χ4n) is 3.61. The Bertz CT molecular complexity index is 1350. The van der Waals surface area contributed by atoms with Crippen LogP contribution < -0.4 is 11.1 Å². The summed E-state index contributed by atoms with van der Waals surface area (Å²) in [7, 11) is 0. The van der Waals surface area contributed by atoms with E-state index in [1.54, 1.807) is 12.5 Å². The minimum absolute atomic E-state index is 0.0583. The van der Waals surface area contributed by atoms with Crippen LogP contribution in [0.2, 0.25) is 0 Å². The van der Waals surface area contributed by atoms with Crippen LogP contribution in [0, 0.1) is 0 Å². The molecule has 1 atom stereocenters. The lowest BCUT2D eigenvalue weighted by Crippen LogP contribution is -2.24. The minimum Gasteiger partial charge on any atom is -0.454 e. The van der Waals surface area contributed by atoms with Crippen molar-refractivity contribution < 1.29 is 14.3 Å². The molecule has 4 N–H and O–H groups in total. The second-order valence-electron chi connectivity index (χ2n) is 7.35. The first-order valence-electron chi connectivity index (χ1n) is 10.7. The summed E-state index contributed by atoms with van der Waals surface area (Å²) in [4.78, 5) is 25.0. The molecule has 0 fully saturated rings. The standard InChI is InChI=1S/C22H22N8O3S/c1-2-24-16(31)8-10-30-20-18(19(23)25-12-26-20)28-22(30)34-17-11-32-21(33-17)14-6-4-3-5-13(14)15-7-9-27-29-15/h3-7,9,11-12,21H,2,8,10H2,1H3,(H,24,31)(H,27,29)(H2,23,25,26). The molecule has 4 heterocycles. The second kappa shape index (κ2) is 9.43. The quantitative estimate of drug-likeness (QED) is 0.348. The number of anilines is 1. The number of aromatic nitrogens is 6. The summed E-state index contributed by atoms with van der Waals surface area (Å²) < 4.78 is 13.8. The van der Waals surface area contributed by atoms with E-state index in [-0.39, 0.29) is 18.1 Å². The van der Waals surface area contributed by atoms with E-state index in [9.17, 15) is 4.79 Å². The third-order valence-corrected chi connectivity index (χ3v) is 6.04. The van der Waals surface area contributed by atoms with E-state index in [1.807, 2.05) is 41.8 Å². The van der Waals surface area contributed by atoms with Gasteiger partial charge in [-0.3, -0.25) is 9.89 Å². The van der Waals surface area contributed by atoms with Gasteiger partial charge in [0.1, 0.15) is 12.6 Å². The molecular weight excluding hydrogens is 456 g/mol. The highest BCUT2D eigenvalue weighted by molar-refractivity contribution is 8.02. The summed E-state index contributed by atoms with van der Waals surface area (Å²) in [6.45, 7) is 2.82. The lowest BCUT2D eigenvalue weighted by atomic mass is 10.0. The maximum absolute atomic E-state index is 12.1. The SMILES string of the molecule is CCNC(=O)CCn1c(SC2=COC(c3ccccc3-c3cc[nH]n3)O2)nc2c(N)ncnc21. The Morgan fingerprint density at radius 3 is 3.00 bits per heavy atom. The fraction of sp³-hybridized carbons (Fsp3) is 0.227. The van der Waals surface area contributed by atoms with Crippen LogP contribution >= 0.6 is 11.8 Å². The van der Waals surface area contributed by atoms with Crippen LogP contribution in [0.1, 0.15) is 25.2 Å². The van der Waals surface area contributed by atoms with Crippen molar-refractivity contribution >= 4 is 34.7 Å². The molecule has 1 unspecified atom stereocenters. The van der Waals surface area contributed by atoms with Crippen LogP contribution in [0.15, 0.2) is 59.4 Å². The Morgan fingerprint density at radius 2 is 2.18 bits per heavy atom. The Labute approximate surface area is 198 Å². The zero-order valence-corrected chi connectivity index (χ0v) is 19.1. The number of aromatic amines is 1. The van der Waals surface area contributed by atoms with E-state index < -0.39 is 6.29 Å². The molecule has 174 valence electrons. The Morgan fingerprint density at radius 1 is 1.29 bits per heavy atom. The molecule has 1 aromatic carbocycles. The number of hydrogen-bond acceptors (Lipinski definition) is 9. The third-order valence-electron chi connectivity index (χ3n) is 5.16. The molecule has 0 spiro atoms. The van der Waals surface area contributed by atoms with Crippen molar-refractivity contribution in [3.63, 3.8) is 0 Å². The van der Waals surface area contributed by atoms with Crippen molar-refractivity contribution in [3.05, 3.63) is 59.8 Å². The predicted molar refractivity (Wildman–Crippen MR) is 126 cm³/mol. The maximum Gasteiger partial charge on any atom is 0.268 e. The summed E-state index contributed by atoms with van der Waals surface area (Å²) in [5.74, 6) is 0.212. The zero-order chi connectivity index (χ0) is 23.5. The number of carbonyl (C=O) groups excluding carboxylic acids is 1. The molecule has 0 radical (unpaired) electrons. The van der Waals surface area contributed by atoms with E-state index in [2.05, 4.69) is 30.5 Å². The predicted octanol–water partition coefficient (Wildman–Crippen LogP) is 2.96. The zero-order valence-electron chi connectivity index (χ0n) is 18.3. The molecule has 1 aliphatic heterocycles. The van der Waals surface area contributed by atoms with Crippen LogP contribution in [0.5, 0.6) is 0 Å². The van der Waals surface area contributed by atoms with Gasteiger partial charge in [-0.15, -0.1) is 0 Å². The number of hydrogen-bond donors (Lipinski definition) is 3. The van der Waals surface area contributed by atoms with Gasteiger partial charge in [-0.25, -0.2) is 15.0 Å². The second-order valence-corrected chi connectivity index (χ2v) is 8.32. The number of amides is 1. The van der Waals surface area contributed by atoms with E-state index in [1.165, 1.54) is 18.1 Å². The van der Waals surface area contributed by atoms with E-state index in [4.69, 9.17) is 15.2 Å². The average Bonchev–Trinajstić information content (AvgIpc) is 3.59. The average molecular weight is 479 g/mol. The first kappa shape index (κ1) is 21.8. The lowest BCUT2D eigenvalue weighted by Gasteiger charge is -2.15. The van der Waals surface area contributed by atoms with Crippen molar-refractivity contribution in [1.29, 1.82) is 0 Å². The van der Waals surface area contributed by atoms with Crippen molar-refractivity contribution in [1.82, 2.24) is 35.0 Å². The number of aryl methyl sites for hydroxylation is 1. The summed E-state index contributed by atoms with van der Waals surface area (Å²) in [6, 6.07) is 9.65. The normalized spacial score (nSPS) is 15.1. The van der Waals surface area contributed by atoms with Crippen molar-refractivity contribution in [2.24, 2.45) is 0 Å². The molecular formula is C22H22N8O3S. The minimum atomic E-state index is -0.631. The van der Waals surface area contributed by atoms with Crippen molar-refractivity contribution in [2.45, 2.75) is 31.3 Å². The number of nitrogen functional groups attached to an aromatic ring is 1. The van der Waals surface area contributed by atoms with Gasteiger partial charge in [0.25, 0.3) is 6.29 Å². The highest BCUT2D eigenvalue weighted by Gasteiger charge is 2.27. The van der Waals surface area contributed by atoms with Gasteiger partial charge in [0.15, 0.2) is 22.1 Å². The number of H-pyrrole nitrogens is 1. The monoisotopic (exact) mass is 478 g/mol. The Balaban J connectivity index is 1.38. The first-order chi connectivity index (χ1) is 16.6. The molecule has 1 amide bonds. The Hall–Kier alpha value is -4.06. The fourth-order valence-corrected chi connectivity index (χ4v) is 4.46. The van der Waals surface area contributed by atoms with Crippen LogP contribution in [0.4, 0.5) is 5.82 Å². The molecule has 3 aromatic heterocycles. The number of rotatable bonds is 8. The number of benzene rings is 1. The van der Waals surface area contributed by atoms with Gasteiger partial charge in [-0.1, -0.05) is 24.3 Å². The summed E-state index contributed by atoms with van der Waals surface area (Å²) in [5.41, 5.74) is 9.60. The molecule has 1 aliphatic rings. The van der Waals surface area contributed by atoms with E-state index >= 15 is 0 Å². The maximum atomic E-state index is 12.1. The van der Waals surface area contributed by atoms with Gasteiger partial charge in [-0.05, 0) is 24.8 Å². The van der Waals surface area contributed by atoms with E-state index in [0.29, 0.717) is 34.5 Å². The number of imidazole rings is 1. The van der Waals surface area contributed by atoms with Crippen LogP contribution in [0.25, 0.3) is 22.4 Å². The highest BCUT2D eigenvalue weighted by atomic mass is 32.2. The summed E-state index contributed by atoms with van der Waals surface area (Å²) in [5, 5.41) is 11.0. The molecule has 34 heavy (non-hydrogen) atoms. The summed E-state index contributed by atoms with van der Waals surface area (Å²) >= 11 is 1.27. The molecule has 0 saturated carbocycles. The smallest absolute Gasteiger partial charge is 0.268 e. The number of nitrogens with one attached hydrogen (secondary N) is 2. The molecule has 12 heteroatoms. The molecule has 0 bridgehead atoms. The van der Waals surface area contributed by atoms with Crippen molar-refractivity contribution in [2.75, 3.05) is 12.3 Å². The first-order valence-corrected chi connectivity index (χ1v) is 11.5. The number of ether oxygens (including phenoxy) is 2. The lowest BCUT2D eigenvalue weighted by molar-refractivity contribution is -0.121. The topological polar surface area (TPSA) is 146 Å². The number of carbonyl (C=O) groups is 1. The van der Waals surface area contributed by atoms with Crippen LogP contribution in [-0.4, -0.2) is 42.2 Å². The largest absolute Gasteiger partial charge is 0.454 e. The number of nitrogens with zero attached hydrogens (tertiary/aromatic N) is 5. The Kier molecular flexibility index (Phi) is 6.04.